The summed E-state index contributed by atoms with van der Waals surface area (Å²) >= 11 is 0. The van der Waals surface area contributed by atoms with Gasteiger partial charge >= 0.3 is 11.9 Å². The van der Waals surface area contributed by atoms with Crippen molar-refractivity contribution in [3.05, 3.63) is 79.9 Å². The summed E-state index contributed by atoms with van der Waals surface area (Å²) in [5.41, 5.74) is 0.192. The number of halogens is 2. The summed E-state index contributed by atoms with van der Waals surface area (Å²) in [4.78, 5) is 53.4. The van der Waals surface area contributed by atoms with E-state index in [0.717, 1.165) is 39.0 Å². The van der Waals surface area contributed by atoms with E-state index in [-0.39, 0.29) is 27.9 Å². The van der Waals surface area contributed by atoms with Crippen molar-refractivity contribution in [3.8, 4) is 0 Å². The van der Waals surface area contributed by atoms with Crippen LogP contribution in [0.2, 0.25) is 0 Å². The van der Waals surface area contributed by atoms with E-state index in [0.29, 0.717) is 55.1 Å². The van der Waals surface area contributed by atoms with Gasteiger partial charge in [0.25, 0.3) is 0 Å². The fraction of sp³-hybridized carbons (Fsp3) is 0.412. The van der Waals surface area contributed by atoms with Crippen LogP contribution < -0.4 is 26.0 Å². The average molecular weight is 665 g/mol. The number of hydrogen-bond acceptors (Lipinski definition) is 8. The maximum absolute atomic E-state index is 14.6. The summed E-state index contributed by atoms with van der Waals surface area (Å²) in [5.74, 6) is -3.55. The van der Waals surface area contributed by atoms with Gasteiger partial charge in [-0.25, -0.2) is 18.4 Å². The van der Waals surface area contributed by atoms with Gasteiger partial charge in [-0.05, 0) is 51.1 Å². The smallest absolute Gasteiger partial charge is 0.341 e. The lowest BCUT2D eigenvalue weighted by Gasteiger charge is -2.34. The highest BCUT2D eigenvalue weighted by molar-refractivity contribution is 5.94. The summed E-state index contributed by atoms with van der Waals surface area (Å²) in [7, 11) is 2.02. The fourth-order valence-electron chi connectivity index (χ4n) is 6.42. The third-order valence-electron chi connectivity index (χ3n) is 9.29. The number of aromatic nitrogens is 2. The number of likely N-dealkylation sites (N-methyl/N-ethyl adjacent to an activating group) is 1. The number of nitrogens with one attached hydrogen (secondary N) is 1. The summed E-state index contributed by atoms with van der Waals surface area (Å²) in [6.07, 6.45) is 4.62. The molecule has 2 saturated heterocycles. The van der Waals surface area contributed by atoms with Crippen molar-refractivity contribution in [2.45, 2.75) is 32.4 Å². The van der Waals surface area contributed by atoms with Gasteiger partial charge in [0.15, 0.2) is 0 Å². The van der Waals surface area contributed by atoms with Crippen LogP contribution in [0.15, 0.2) is 46.2 Å². The van der Waals surface area contributed by atoms with Crippen LogP contribution in [0.25, 0.3) is 21.8 Å². The quantitative estimate of drug-likeness (QED) is 0.282. The normalized spacial score (nSPS) is 17.0. The molecule has 14 heteroatoms. The van der Waals surface area contributed by atoms with E-state index in [2.05, 4.69) is 10.2 Å². The van der Waals surface area contributed by atoms with E-state index in [1.807, 2.05) is 28.3 Å². The molecule has 0 atom stereocenters. The molecule has 0 spiro atoms. The first kappa shape index (κ1) is 33.1. The number of carboxylic acids is 2. The van der Waals surface area contributed by atoms with Gasteiger partial charge in [-0.3, -0.25) is 9.59 Å². The maximum atomic E-state index is 14.6. The van der Waals surface area contributed by atoms with Gasteiger partial charge < -0.3 is 39.4 Å². The Labute approximate surface area is 274 Å². The molecule has 1 saturated carbocycles. The van der Waals surface area contributed by atoms with Crippen molar-refractivity contribution in [1.82, 2.24) is 19.4 Å². The van der Waals surface area contributed by atoms with Gasteiger partial charge in [-0.1, -0.05) is 0 Å². The van der Waals surface area contributed by atoms with E-state index < -0.39 is 34.4 Å². The number of rotatable bonds is 6. The standard InChI is InChI=1S/C17H18FN3O3.C17H20FN3O3/c18-13-7-11-14(8-15(13)20-5-3-19-4-6-20)21(10-1-2-10)9-12(16(11)22)17(23)24;1-3-20-10-12(17(23)24)16(22)11-8-13(18)15(9-14(11)20)21-6-4-19(2)5-7-21/h7-10,19H,1-6H2,(H,23,24);8-10H,3-7H2,1-2H3,(H,23,24). The van der Waals surface area contributed by atoms with Crippen molar-refractivity contribution in [1.29, 1.82) is 0 Å². The Kier molecular flexibility index (Phi) is 9.21. The number of hydrogen-bond donors (Lipinski definition) is 3. The lowest BCUT2D eigenvalue weighted by molar-refractivity contribution is 0.0684. The van der Waals surface area contributed by atoms with Crippen molar-refractivity contribution >= 4 is 45.1 Å². The molecule has 0 radical (unpaired) electrons. The number of carboxylic acid groups (broad SMARTS) is 2. The fourth-order valence-corrected chi connectivity index (χ4v) is 6.42. The molecular weight excluding hydrogens is 626 g/mol. The maximum Gasteiger partial charge on any atom is 0.341 e. The molecule has 0 bridgehead atoms. The van der Waals surface area contributed by atoms with Gasteiger partial charge in [0, 0.05) is 88.1 Å². The number of carbonyl (C=O) groups is 2. The van der Waals surface area contributed by atoms with E-state index in [9.17, 15) is 38.2 Å². The second-order valence-electron chi connectivity index (χ2n) is 12.4. The highest BCUT2D eigenvalue weighted by Gasteiger charge is 2.28. The Morgan fingerprint density at radius 1 is 0.771 bits per heavy atom. The third kappa shape index (κ3) is 6.37. The van der Waals surface area contributed by atoms with Gasteiger partial charge in [-0.2, -0.15) is 0 Å². The number of fused-ring (bicyclic) bond motifs is 2. The monoisotopic (exact) mass is 664 g/mol. The molecule has 3 fully saturated rings. The number of pyridine rings is 2. The molecule has 4 aromatic rings. The number of piperazine rings is 2. The number of anilines is 2. The SMILES string of the molecule is CCn1cc(C(=O)O)c(=O)c2cc(F)c(N3CCN(C)CC3)cc21.O=C(O)c1cn(C2CC2)c2cc(N3CCNCC3)c(F)cc2c1=O. The summed E-state index contributed by atoms with van der Waals surface area (Å²) in [6, 6.07) is 5.91. The number of benzene rings is 2. The Bertz CT molecular complexity index is 2030. The molecular formula is C34H38F2N6O6. The van der Waals surface area contributed by atoms with E-state index in [4.69, 9.17) is 0 Å². The largest absolute Gasteiger partial charge is 0.477 e. The first-order valence-electron chi connectivity index (χ1n) is 16.1. The molecule has 3 N–H and O–H groups in total. The van der Waals surface area contributed by atoms with Crippen LogP contribution in [0.1, 0.15) is 46.5 Å². The van der Waals surface area contributed by atoms with Gasteiger partial charge in [0.1, 0.15) is 22.8 Å². The lowest BCUT2D eigenvalue weighted by Crippen LogP contribution is -2.44. The molecule has 7 rings (SSSR count). The second-order valence-corrected chi connectivity index (χ2v) is 12.4. The van der Waals surface area contributed by atoms with Crippen LogP contribution in [-0.4, -0.2) is 95.6 Å². The lowest BCUT2D eigenvalue weighted by atomic mass is 10.1. The molecule has 12 nitrogen and oxygen atoms in total. The number of aryl methyl sites for hydroxylation is 1. The van der Waals surface area contributed by atoms with Crippen LogP contribution in [-0.2, 0) is 6.54 Å². The Morgan fingerprint density at radius 3 is 1.79 bits per heavy atom. The summed E-state index contributed by atoms with van der Waals surface area (Å²) < 4.78 is 32.7. The number of aromatic carboxylic acids is 2. The topological polar surface area (TPSA) is 140 Å². The zero-order chi connectivity index (χ0) is 34.3. The Morgan fingerprint density at radius 2 is 1.27 bits per heavy atom. The van der Waals surface area contributed by atoms with Crippen LogP contribution in [0.3, 0.4) is 0 Å². The van der Waals surface area contributed by atoms with Crippen molar-refractivity contribution in [2.75, 3.05) is 69.2 Å². The van der Waals surface area contributed by atoms with E-state index in [1.54, 1.807) is 16.7 Å². The molecule has 0 unspecified atom stereocenters. The predicted octanol–water partition coefficient (Wildman–Crippen LogP) is 3.19. The molecule has 0 amide bonds. The molecule has 254 valence electrons. The van der Waals surface area contributed by atoms with Crippen LogP contribution in [0.5, 0.6) is 0 Å². The highest BCUT2D eigenvalue weighted by Crippen LogP contribution is 2.38. The van der Waals surface area contributed by atoms with Gasteiger partial charge in [0.2, 0.25) is 10.9 Å². The number of nitrogens with zero attached hydrogens (tertiary/aromatic N) is 5. The second kappa shape index (κ2) is 13.4. The van der Waals surface area contributed by atoms with Crippen LogP contribution in [0, 0.1) is 11.6 Å². The van der Waals surface area contributed by atoms with Crippen LogP contribution in [0.4, 0.5) is 20.2 Å². The van der Waals surface area contributed by atoms with Crippen molar-refractivity contribution < 1.29 is 28.6 Å². The van der Waals surface area contributed by atoms with E-state index in [1.165, 1.54) is 24.5 Å². The van der Waals surface area contributed by atoms with Crippen molar-refractivity contribution in [2.24, 2.45) is 0 Å². The molecule has 48 heavy (non-hydrogen) atoms. The van der Waals surface area contributed by atoms with E-state index >= 15 is 0 Å². The van der Waals surface area contributed by atoms with Gasteiger partial charge in [-0.15, -0.1) is 0 Å². The molecule has 2 aliphatic heterocycles. The van der Waals surface area contributed by atoms with Crippen molar-refractivity contribution in [3.63, 3.8) is 0 Å². The third-order valence-corrected chi connectivity index (χ3v) is 9.29. The molecule has 4 heterocycles. The minimum Gasteiger partial charge on any atom is -0.477 e. The molecule has 3 aliphatic rings. The zero-order valence-electron chi connectivity index (χ0n) is 26.8. The minimum atomic E-state index is -1.30. The molecule has 1 aliphatic carbocycles. The first-order valence-corrected chi connectivity index (χ1v) is 16.1. The summed E-state index contributed by atoms with van der Waals surface area (Å²) in [6.45, 7) is 8.42. The minimum absolute atomic E-state index is 0.104. The molecule has 2 aromatic heterocycles. The Hall–Kier alpha value is -4.82. The van der Waals surface area contributed by atoms with Crippen LogP contribution >= 0.6 is 0 Å². The highest BCUT2D eigenvalue weighted by atomic mass is 19.1. The first-order chi connectivity index (χ1) is 23.0. The summed E-state index contributed by atoms with van der Waals surface area (Å²) in [5, 5.41) is 21.9. The molecule has 2 aromatic carbocycles. The average Bonchev–Trinajstić information content (AvgIpc) is 3.92. The Balaban J connectivity index is 0.000000167. The van der Waals surface area contributed by atoms with Gasteiger partial charge in [0.05, 0.1) is 22.4 Å². The zero-order valence-corrected chi connectivity index (χ0v) is 26.8. The predicted molar refractivity (Wildman–Crippen MR) is 179 cm³/mol.